The van der Waals surface area contributed by atoms with Crippen LogP contribution >= 0.6 is 0 Å². The SMILES string of the molecule is CCN1CCC(C/C=C\CN2CCNCC2)C1. The van der Waals surface area contributed by atoms with Crippen LogP contribution in [0.1, 0.15) is 19.8 Å². The van der Waals surface area contributed by atoms with Crippen molar-refractivity contribution in [2.45, 2.75) is 19.8 Å². The first-order chi connectivity index (χ1) is 8.38. The fourth-order valence-electron chi connectivity index (χ4n) is 2.80. The Morgan fingerprint density at radius 1 is 1.12 bits per heavy atom. The van der Waals surface area contributed by atoms with Gasteiger partial charge < -0.3 is 10.2 Å². The molecule has 0 aromatic carbocycles. The van der Waals surface area contributed by atoms with E-state index in [9.17, 15) is 0 Å². The molecule has 1 N–H and O–H groups in total. The molecule has 0 saturated carbocycles. The zero-order valence-electron chi connectivity index (χ0n) is 11.2. The Morgan fingerprint density at radius 3 is 2.65 bits per heavy atom. The van der Waals surface area contributed by atoms with E-state index in [0.717, 1.165) is 25.6 Å². The highest BCUT2D eigenvalue weighted by molar-refractivity contribution is 4.90. The molecule has 0 aromatic heterocycles. The van der Waals surface area contributed by atoms with Gasteiger partial charge >= 0.3 is 0 Å². The van der Waals surface area contributed by atoms with Gasteiger partial charge in [-0.3, -0.25) is 4.90 Å². The van der Waals surface area contributed by atoms with Crippen molar-refractivity contribution in [2.75, 3.05) is 52.4 Å². The molecule has 0 bridgehead atoms. The van der Waals surface area contributed by atoms with Gasteiger partial charge in [0.2, 0.25) is 0 Å². The number of likely N-dealkylation sites (tertiary alicyclic amines) is 1. The summed E-state index contributed by atoms with van der Waals surface area (Å²) in [5.41, 5.74) is 0. The molecule has 2 fully saturated rings. The Hall–Kier alpha value is -0.380. The van der Waals surface area contributed by atoms with Gasteiger partial charge in [-0.25, -0.2) is 0 Å². The van der Waals surface area contributed by atoms with Crippen LogP contribution in [0.15, 0.2) is 12.2 Å². The van der Waals surface area contributed by atoms with E-state index in [1.54, 1.807) is 0 Å². The minimum atomic E-state index is 0.911. The summed E-state index contributed by atoms with van der Waals surface area (Å²) in [6.45, 7) is 12.0. The number of piperazine rings is 1. The van der Waals surface area contributed by atoms with Crippen molar-refractivity contribution in [3.63, 3.8) is 0 Å². The first-order valence-electron chi connectivity index (χ1n) is 7.19. The van der Waals surface area contributed by atoms with E-state index >= 15 is 0 Å². The summed E-state index contributed by atoms with van der Waals surface area (Å²) >= 11 is 0. The van der Waals surface area contributed by atoms with E-state index in [1.807, 2.05) is 0 Å². The number of rotatable bonds is 5. The minimum absolute atomic E-state index is 0.911. The highest BCUT2D eigenvalue weighted by atomic mass is 15.2. The Morgan fingerprint density at radius 2 is 1.94 bits per heavy atom. The Labute approximate surface area is 106 Å². The number of hydrogen-bond acceptors (Lipinski definition) is 3. The predicted octanol–water partition coefficient (Wildman–Crippen LogP) is 1.18. The van der Waals surface area contributed by atoms with Crippen molar-refractivity contribution in [3.05, 3.63) is 12.2 Å². The maximum atomic E-state index is 3.39. The lowest BCUT2D eigenvalue weighted by atomic mass is 10.0. The van der Waals surface area contributed by atoms with Gasteiger partial charge in [-0.2, -0.15) is 0 Å². The molecular formula is C14H27N3. The summed E-state index contributed by atoms with van der Waals surface area (Å²) in [4.78, 5) is 5.09. The lowest BCUT2D eigenvalue weighted by Gasteiger charge is -2.25. The van der Waals surface area contributed by atoms with Crippen LogP contribution in [0.4, 0.5) is 0 Å². The van der Waals surface area contributed by atoms with Crippen LogP contribution in [0.5, 0.6) is 0 Å². The monoisotopic (exact) mass is 237 g/mol. The van der Waals surface area contributed by atoms with Crippen molar-refractivity contribution < 1.29 is 0 Å². The Balaban J connectivity index is 1.58. The van der Waals surface area contributed by atoms with Crippen LogP contribution in [0, 0.1) is 5.92 Å². The molecule has 3 heteroatoms. The molecule has 0 spiro atoms. The van der Waals surface area contributed by atoms with Crippen LogP contribution in [0.2, 0.25) is 0 Å². The average molecular weight is 237 g/mol. The lowest BCUT2D eigenvalue weighted by Crippen LogP contribution is -2.43. The van der Waals surface area contributed by atoms with Gasteiger partial charge in [0, 0.05) is 39.3 Å². The molecule has 98 valence electrons. The summed E-state index contributed by atoms with van der Waals surface area (Å²) in [5, 5.41) is 3.39. The maximum Gasteiger partial charge on any atom is 0.0164 e. The van der Waals surface area contributed by atoms with Crippen molar-refractivity contribution in [3.8, 4) is 0 Å². The molecule has 0 aliphatic carbocycles. The third kappa shape index (κ3) is 4.41. The summed E-state index contributed by atoms with van der Waals surface area (Å²) in [6, 6.07) is 0. The van der Waals surface area contributed by atoms with Crippen LogP contribution in [0.25, 0.3) is 0 Å². The smallest absolute Gasteiger partial charge is 0.0164 e. The predicted molar refractivity (Wildman–Crippen MR) is 73.3 cm³/mol. The van der Waals surface area contributed by atoms with E-state index in [4.69, 9.17) is 0 Å². The van der Waals surface area contributed by atoms with Crippen molar-refractivity contribution in [2.24, 2.45) is 5.92 Å². The van der Waals surface area contributed by atoms with Crippen LogP contribution < -0.4 is 5.32 Å². The minimum Gasteiger partial charge on any atom is -0.314 e. The van der Waals surface area contributed by atoms with E-state index in [-0.39, 0.29) is 0 Å². The molecule has 2 rings (SSSR count). The molecule has 0 aromatic rings. The number of nitrogens with one attached hydrogen (secondary N) is 1. The summed E-state index contributed by atoms with van der Waals surface area (Å²) < 4.78 is 0. The van der Waals surface area contributed by atoms with Gasteiger partial charge in [-0.05, 0) is 31.8 Å². The van der Waals surface area contributed by atoms with Gasteiger partial charge in [-0.15, -0.1) is 0 Å². The standard InChI is InChI=1S/C14H27N3/c1-2-16-10-6-14(13-16)5-3-4-9-17-11-7-15-8-12-17/h3-4,14-15H,2,5-13H2,1H3/b4-3-. The highest BCUT2D eigenvalue weighted by Crippen LogP contribution is 2.19. The van der Waals surface area contributed by atoms with Gasteiger partial charge in [0.1, 0.15) is 0 Å². The van der Waals surface area contributed by atoms with Gasteiger partial charge in [-0.1, -0.05) is 19.1 Å². The molecule has 2 aliphatic heterocycles. The van der Waals surface area contributed by atoms with Gasteiger partial charge in [0.15, 0.2) is 0 Å². The van der Waals surface area contributed by atoms with Gasteiger partial charge in [0.25, 0.3) is 0 Å². The van der Waals surface area contributed by atoms with Crippen LogP contribution in [-0.2, 0) is 0 Å². The summed E-state index contributed by atoms with van der Waals surface area (Å²) in [6.07, 6.45) is 7.46. The molecule has 17 heavy (non-hydrogen) atoms. The normalized spacial score (nSPS) is 28.2. The second-order valence-corrected chi connectivity index (χ2v) is 5.31. The van der Waals surface area contributed by atoms with Crippen molar-refractivity contribution in [1.29, 1.82) is 0 Å². The Kier molecular flexibility index (Phi) is 5.49. The highest BCUT2D eigenvalue weighted by Gasteiger charge is 2.19. The second kappa shape index (κ2) is 7.14. The first kappa shape index (κ1) is 13.1. The number of nitrogens with zero attached hydrogens (tertiary/aromatic N) is 2. The first-order valence-corrected chi connectivity index (χ1v) is 7.19. The molecule has 0 radical (unpaired) electrons. The molecule has 2 saturated heterocycles. The average Bonchev–Trinajstić information content (AvgIpc) is 2.84. The zero-order chi connectivity index (χ0) is 11.9. The van der Waals surface area contributed by atoms with Crippen molar-refractivity contribution >= 4 is 0 Å². The third-order valence-electron chi connectivity index (χ3n) is 4.03. The van der Waals surface area contributed by atoms with Gasteiger partial charge in [0.05, 0.1) is 0 Å². The van der Waals surface area contributed by atoms with Crippen LogP contribution in [0.3, 0.4) is 0 Å². The van der Waals surface area contributed by atoms with E-state index < -0.39 is 0 Å². The topological polar surface area (TPSA) is 18.5 Å². The lowest BCUT2D eigenvalue weighted by molar-refractivity contribution is 0.264. The molecule has 1 atom stereocenters. The van der Waals surface area contributed by atoms with Crippen molar-refractivity contribution in [1.82, 2.24) is 15.1 Å². The molecule has 1 unspecified atom stereocenters. The third-order valence-corrected chi connectivity index (χ3v) is 4.03. The quantitative estimate of drug-likeness (QED) is 0.724. The van der Waals surface area contributed by atoms with E-state index in [1.165, 1.54) is 45.6 Å². The number of allylic oxidation sites excluding steroid dienone is 1. The largest absolute Gasteiger partial charge is 0.314 e. The molecule has 2 aliphatic rings. The zero-order valence-corrected chi connectivity index (χ0v) is 11.2. The number of hydrogen-bond donors (Lipinski definition) is 1. The van der Waals surface area contributed by atoms with E-state index in [2.05, 4.69) is 34.2 Å². The van der Waals surface area contributed by atoms with E-state index in [0.29, 0.717) is 0 Å². The van der Waals surface area contributed by atoms with Crippen LogP contribution in [-0.4, -0.2) is 62.2 Å². The molecule has 0 amide bonds. The molecule has 3 nitrogen and oxygen atoms in total. The fraction of sp³-hybridized carbons (Fsp3) is 0.857. The summed E-state index contributed by atoms with van der Waals surface area (Å²) in [5.74, 6) is 0.911. The molecular weight excluding hydrogens is 210 g/mol. The summed E-state index contributed by atoms with van der Waals surface area (Å²) in [7, 11) is 0. The fourth-order valence-corrected chi connectivity index (χ4v) is 2.80. The Bertz CT molecular complexity index is 234. The second-order valence-electron chi connectivity index (χ2n) is 5.31. The maximum absolute atomic E-state index is 3.39. The molecule has 2 heterocycles.